The van der Waals surface area contributed by atoms with E-state index in [-0.39, 0.29) is 12.3 Å². The first kappa shape index (κ1) is 8.50. The third kappa shape index (κ3) is 1.71. The largest absolute Gasteiger partial charge is 0.324 e. The smallest absolute Gasteiger partial charge is 0.179 e. The maximum Gasteiger partial charge on any atom is 0.179 e. The Bertz CT molecular complexity index is 321. The van der Waals surface area contributed by atoms with Crippen LogP contribution in [0.25, 0.3) is 0 Å². The Morgan fingerprint density at radius 1 is 1.83 bits per heavy atom. The Balaban J connectivity index is 2.78. The molecule has 1 aromatic rings. The summed E-state index contributed by atoms with van der Waals surface area (Å²) >= 11 is 0. The van der Waals surface area contributed by atoms with Gasteiger partial charge in [0.25, 0.3) is 0 Å². The van der Waals surface area contributed by atoms with Crippen LogP contribution in [0, 0.1) is 12.3 Å². The van der Waals surface area contributed by atoms with Crippen LogP contribution in [0.2, 0.25) is 0 Å². The predicted octanol–water partition coefficient (Wildman–Crippen LogP) is -0.342. The number of aromatic nitrogens is 2. The third-order valence-corrected chi connectivity index (χ3v) is 1.39. The highest BCUT2D eigenvalue weighted by molar-refractivity contribution is 5.96. The topological polar surface area (TPSA) is 60.9 Å². The van der Waals surface area contributed by atoms with Crippen molar-refractivity contribution in [3.63, 3.8) is 0 Å². The van der Waals surface area contributed by atoms with Gasteiger partial charge in [-0.3, -0.25) is 9.48 Å². The Morgan fingerprint density at radius 2 is 2.58 bits per heavy atom. The number of hydrogen-bond acceptors (Lipinski definition) is 3. The quantitative estimate of drug-likeness (QED) is 0.489. The highest BCUT2D eigenvalue weighted by atomic mass is 16.1. The second kappa shape index (κ2) is 3.69. The molecule has 0 bridgehead atoms. The lowest BCUT2D eigenvalue weighted by molar-refractivity contribution is 0.100. The molecule has 1 heterocycles. The van der Waals surface area contributed by atoms with E-state index in [9.17, 15) is 4.79 Å². The summed E-state index contributed by atoms with van der Waals surface area (Å²) in [6.45, 7) is 0.375. The number of nitrogens with zero attached hydrogens (tertiary/aromatic N) is 2. The first-order valence-electron chi connectivity index (χ1n) is 3.47. The van der Waals surface area contributed by atoms with Gasteiger partial charge < -0.3 is 5.73 Å². The Morgan fingerprint density at radius 3 is 3.17 bits per heavy atom. The molecule has 0 atom stereocenters. The molecule has 0 aromatic carbocycles. The zero-order valence-electron chi connectivity index (χ0n) is 6.53. The van der Waals surface area contributed by atoms with E-state index in [0.717, 1.165) is 0 Å². The van der Waals surface area contributed by atoms with Gasteiger partial charge in [-0.15, -0.1) is 6.42 Å². The molecule has 0 saturated carbocycles. The summed E-state index contributed by atoms with van der Waals surface area (Å²) in [4.78, 5) is 11.0. The van der Waals surface area contributed by atoms with E-state index in [1.54, 1.807) is 6.20 Å². The van der Waals surface area contributed by atoms with Crippen LogP contribution in [0.15, 0.2) is 12.4 Å². The molecule has 4 nitrogen and oxygen atoms in total. The molecular weight excluding hydrogens is 154 g/mol. The summed E-state index contributed by atoms with van der Waals surface area (Å²) in [5.74, 6) is 2.29. The van der Waals surface area contributed by atoms with Crippen molar-refractivity contribution in [3.05, 3.63) is 18.0 Å². The number of nitrogens with two attached hydrogens (primary N) is 1. The van der Waals surface area contributed by atoms with E-state index >= 15 is 0 Å². The van der Waals surface area contributed by atoms with Crippen molar-refractivity contribution in [2.75, 3.05) is 6.54 Å². The van der Waals surface area contributed by atoms with E-state index in [4.69, 9.17) is 12.2 Å². The van der Waals surface area contributed by atoms with Gasteiger partial charge >= 0.3 is 0 Å². The first-order chi connectivity index (χ1) is 5.77. The second-order valence-electron chi connectivity index (χ2n) is 2.26. The Kier molecular flexibility index (Phi) is 2.62. The SMILES string of the molecule is C#CCn1cc(C(=O)CN)cn1. The molecule has 1 rings (SSSR count). The van der Waals surface area contributed by atoms with Gasteiger partial charge in [-0.25, -0.2) is 0 Å². The number of carbonyl (C=O) groups excluding carboxylic acids is 1. The van der Waals surface area contributed by atoms with Crippen LogP contribution >= 0.6 is 0 Å². The molecule has 62 valence electrons. The number of terminal acetylenes is 1. The zero-order valence-corrected chi connectivity index (χ0v) is 6.53. The maximum absolute atomic E-state index is 11.0. The maximum atomic E-state index is 11.0. The molecule has 0 amide bonds. The lowest BCUT2D eigenvalue weighted by Gasteiger charge is -1.90. The monoisotopic (exact) mass is 163 g/mol. The van der Waals surface area contributed by atoms with Crippen LogP contribution in [0.5, 0.6) is 0 Å². The zero-order chi connectivity index (χ0) is 8.97. The van der Waals surface area contributed by atoms with E-state index in [0.29, 0.717) is 12.1 Å². The average molecular weight is 163 g/mol. The molecule has 0 fully saturated rings. The van der Waals surface area contributed by atoms with Gasteiger partial charge in [0.1, 0.15) is 6.54 Å². The number of carbonyl (C=O) groups is 1. The van der Waals surface area contributed by atoms with Gasteiger partial charge in [-0.1, -0.05) is 5.92 Å². The third-order valence-electron chi connectivity index (χ3n) is 1.39. The second-order valence-corrected chi connectivity index (χ2v) is 2.26. The van der Waals surface area contributed by atoms with E-state index in [1.165, 1.54) is 10.9 Å². The van der Waals surface area contributed by atoms with Crippen molar-refractivity contribution >= 4 is 5.78 Å². The van der Waals surface area contributed by atoms with Crippen molar-refractivity contribution in [3.8, 4) is 12.3 Å². The number of rotatable bonds is 3. The summed E-state index contributed by atoms with van der Waals surface area (Å²) in [6, 6.07) is 0. The fourth-order valence-corrected chi connectivity index (χ4v) is 0.805. The van der Waals surface area contributed by atoms with Crippen molar-refractivity contribution in [1.29, 1.82) is 0 Å². The molecule has 12 heavy (non-hydrogen) atoms. The standard InChI is InChI=1S/C8H9N3O/c1-2-3-11-6-7(5-10-11)8(12)4-9/h1,5-6H,3-4,9H2. The van der Waals surface area contributed by atoms with Gasteiger partial charge in [0, 0.05) is 6.20 Å². The molecular formula is C8H9N3O. The molecule has 0 radical (unpaired) electrons. The van der Waals surface area contributed by atoms with Gasteiger partial charge in [-0.05, 0) is 0 Å². The molecule has 0 spiro atoms. The molecule has 1 aromatic heterocycles. The molecule has 2 N–H and O–H groups in total. The number of hydrogen-bond donors (Lipinski definition) is 1. The summed E-state index contributed by atoms with van der Waals surface area (Å²) in [6.07, 6.45) is 8.12. The molecule has 0 saturated heterocycles. The summed E-state index contributed by atoms with van der Waals surface area (Å²) in [5, 5.41) is 3.87. The summed E-state index contributed by atoms with van der Waals surface area (Å²) in [7, 11) is 0. The molecule has 0 unspecified atom stereocenters. The minimum atomic E-state index is -0.127. The van der Waals surface area contributed by atoms with Crippen LogP contribution in [0.3, 0.4) is 0 Å². The van der Waals surface area contributed by atoms with Crippen molar-refractivity contribution < 1.29 is 4.79 Å². The normalized spacial score (nSPS) is 9.33. The molecule has 0 aliphatic carbocycles. The van der Waals surface area contributed by atoms with Gasteiger partial charge in [0.05, 0.1) is 18.3 Å². The van der Waals surface area contributed by atoms with Gasteiger partial charge in [0.15, 0.2) is 5.78 Å². The van der Waals surface area contributed by atoms with Crippen molar-refractivity contribution in [1.82, 2.24) is 9.78 Å². The van der Waals surface area contributed by atoms with Gasteiger partial charge in [0.2, 0.25) is 0 Å². The van der Waals surface area contributed by atoms with Crippen molar-refractivity contribution in [2.45, 2.75) is 6.54 Å². The van der Waals surface area contributed by atoms with Crippen LogP contribution in [0.1, 0.15) is 10.4 Å². The van der Waals surface area contributed by atoms with Crippen LogP contribution in [-0.4, -0.2) is 22.1 Å². The highest BCUT2D eigenvalue weighted by Crippen LogP contribution is 1.97. The van der Waals surface area contributed by atoms with Gasteiger partial charge in [-0.2, -0.15) is 5.10 Å². The van der Waals surface area contributed by atoms with Crippen molar-refractivity contribution in [2.24, 2.45) is 5.73 Å². The summed E-state index contributed by atoms with van der Waals surface area (Å²) < 4.78 is 1.52. The number of Topliss-reactive ketones (excluding diaryl/α,β-unsaturated/α-hetero) is 1. The minimum absolute atomic E-state index is 0.00173. The Labute approximate surface area is 70.4 Å². The average Bonchev–Trinajstić information content (AvgIpc) is 2.52. The molecule has 4 heteroatoms. The molecule has 0 aliphatic heterocycles. The van der Waals surface area contributed by atoms with E-state index in [2.05, 4.69) is 11.0 Å². The lowest BCUT2D eigenvalue weighted by Crippen LogP contribution is -2.12. The van der Waals surface area contributed by atoms with E-state index < -0.39 is 0 Å². The fourth-order valence-electron chi connectivity index (χ4n) is 0.805. The van der Waals surface area contributed by atoms with E-state index in [1.807, 2.05) is 0 Å². The van der Waals surface area contributed by atoms with Crippen LogP contribution in [0.4, 0.5) is 0 Å². The molecule has 0 aliphatic rings. The first-order valence-corrected chi connectivity index (χ1v) is 3.47. The van der Waals surface area contributed by atoms with Crippen LogP contribution in [-0.2, 0) is 6.54 Å². The highest BCUT2D eigenvalue weighted by Gasteiger charge is 2.04. The fraction of sp³-hybridized carbons (Fsp3) is 0.250. The van der Waals surface area contributed by atoms with Crippen LogP contribution < -0.4 is 5.73 Å². The summed E-state index contributed by atoms with van der Waals surface area (Å²) in [5.41, 5.74) is 5.67. The number of ketones is 1. The Hall–Kier alpha value is -1.60. The predicted molar refractivity (Wildman–Crippen MR) is 44.4 cm³/mol. The minimum Gasteiger partial charge on any atom is -0.324 e. The lowest BCUT2D eigenvalue weighted by atomic mass is 10.2.